The van der Waals surface area contributed by atoms with Gasteiger partial charge in [-0.3, -0.25) is 0 Å². The van der Waals surface area contributed by atoms with E-state index in [1.807, 2.05) is 18.2 Å². The summed E-state index contributed by atoms with van der Waals surface area (Å²) < 4.78 is 5.71. The Kier molecular flexibility index (Phi) is 5.27. The van der Waals surface area contributed by atoms with Crippen LogP contribution in [0.25, 0.3) is 0 Å². The van der Waals surface area contributed by atoms with Gasteiger partial charge in [0.2, 0.25) is 0 Å². The monoisotopic (exact) mass is 264 g/mol. The van der Waals surface area contributed by atoms with E-state index >= 15 is 0 Å². The Morgan fingerprint density at radius 3 is 2.50 bits per heavy atom. The van der Waals surface area contributed by atoms with E-state index in [4.69, 9.17) is 16.3 Å². The average molecular weight is 265 g/mol. The fraction of sp³-hybridized carbons (Fsp3) is 0.500. The summed E-state index contributed by atoms with van der Waals surface area (Å²) >= 11 is 6.09. The molecule has 1 aliphatic carbocycles. The summed E-state index contributed by atoms with van der Waals surface area (Å²) in [7, 11) is 0. The quantitative estimate of drug-likeness (QED) is 0.399. The molecule has 0 fully saturated rings. The summed E-state index contributed by atoms with van der Waals surface area (Å²) in [4.78, 5) is 0. The molecule has 98 valence electrons. The van der Waals surface area contributed by atoms with E-state index in [9.17, 15) is 0 Å². The number of alkyl halides is 1. The maximum atomic E-state index is 6.09. The van der Waals surface area contributed by atoms with Crippen molar-refractivity contribution in [3.8, 4) is 0 Å². The van der Waals surface area contributed by atoms with E-state index in [-0.39, 0.29) is 0 Å². The van der Waals surface area contributed by atoms with Gasteiger partial charge in [0.15, 0.2) is 0 Å². The van der Waals surface area contributed by atoms with Crippen LogP contribution >= 0.6 is 11.6 Å². The molecule has 0 bridgehead atoms. The molecule has 0 aromatic heterocycles. The molecular weight excluding hydrogens is 244 g/mol. The minimum atomic E-state index is 0.317. The predicted octanol–water partition coefficient (Wildman–Crippen LogP) is 4.56. The lowest BCUT2D eigenvalue weighted by atomic mass is 9.83. The summed E-state index contributed by atoms with van der Waals surface area (Å²) in [5.41, 5.74) is 1.56. The summed E-state index contributed by atoms with van der Waals surface area (Å²) in [5.74, 6) is 0.763. The lowest BCUT2D eigenvalue weighted by molar-refractivity contribution is 0.108. The number of ether oxygens (including phenoxy) is 1. The van der Waals surface area contributed by atoms with Crippen molar-refractivity contribution in [1.82, 2.24) is 0 Å². The largest absolute Gasteiger partial charge is 0.377 e. The molecule has 18 heavy (non-hydrogen) atoms. The van der Waals surface area contributed by atoms with Crippen LogP contribution in [-0.2, 0) is 11.3 Å². The SMILES string of the molecule is ClCC1(CCCOCc2ccccc2)CC=CC1. The van der Waals surface area contributed by atoms with Crippen LogP contribution in [0.3, 0.4) is 0 Å². The van der Waals surface area contributed by atoms with Gasteiger partial charge in [0.1, 0.15) is 0 Å². The molecule has 0 saturated carbocycles. The third-order valence-electron chi connectivity index (χ3n) is 3.66. The van der Waals surface area contributed by atoms with Gasteiger partial charge in [-0.05, 0) is 36.7 Å². The Morgan fingerprint density at radius 1 is 1.11 bits per heavy atom. The number of rotatable bonds is 7. The predicted molar refractivity (Wildman–Crippen MR) is 76.9 cm³/mol. The molecule has 1 aromatic rings. The maximum absolute atomic E-state index is 6.09. The first-order valence-corrected chi connectivity index (χ1v) is 7.21. The van der Waals surface area contributed by atoms with E-state index in [1.54, 1.807) is 0 Å². The van der Waals surface area contributed by atoms with Crippen LogP contribution in [0.4, 0.5) is 0 Å². The van der Waals surface area contributed by atoms with Gasteiger partial charge < -0.3 is 4.74 Å². The van der Waals surface area contributed by atoms with E-state index in [1.165, 1.54) is 5.56 Å². The number of hydrogen-bond acceptors (Lipinski definition) is 1. The van der Waals surface area contributed by atoms with Crippen LogP contribution in [0.2, 0.25) is 0 Å². The molecule has 0 saturated heterocycles. The normalized spacial score (nSPS) is 17.2. The van der Waals surface area contributed by atoms with Crippen LogP contribution in [0.15, 0.2) is 42.5 Å². The second kappa shape index (κ2) is 6.96. The van der Waals surface area contributed by atoms with Crippen molar-refractivity contribution in [3.63, 3.8) is 0 Å². The topological polar surface area (TPSA) is 9.23 Å². The number of allylic oxidation sites excluding steroid dienone is 2. The lowest BCUT2D eigenvalue weighted by Gasteiger charge is -2.26. The smallest absolute Gasteiger partial charge is 0.0716 e. The van der Waals surface area contributed by atoms with Gasteiger partial charge in [-0.25, -0.2) is 0 Å². The molecule has 0 aliphatic heterocycles. The molecule has 1 aliphatic rings. The van der Waals surface area contributed by atoms with E-state index in [2.05, 4.69) is 24.3 Å². The third kappa shape index (κ3) is 3.86. The van der Waals surface area contributed by atoms with Crippen molar-refractivity contribution >= 4 is 11.6 Å². The van der Waals surface area contributed by atoms with E-state index < -0.39 is 0 Å². The molecule has 0 amide bonds. The second-order valence-electron chi connectivity index (χ2n) is 5.16. The molecule has 0 spiro atoms. The van der Waals surface area contributed by atoms with Crippen LogP contribution in [-0.4, -0.2) is 12.5 Å². The Bertz CT molecular complexity index is 364. The van der Waals surface area contributed by atoms with Crippen molar-refractivity contribution in [2.75, 3.05) is 12.5 Å². The molecule has 0 atom stereocenters. The third-order valence-corrected chi connectivity index (χ3v) is 4.23. The summed E-state index contributed by atoms with van der Waals surface area (Å²) in [6.45, 7) is 1.54. The van der Waals surface area contributed by atoms with Crippen LogP contribution in [0, 0.1) is 5.41 Å². The van der Waals surface area contributed by atoms with Crippen LogP contribution < -0.4 is 0 Å². The van der Waals surface area contributed by atoms with Gasteiger partial charge in [-0.2, -0.15) is 0 Å². The van der Waals surface area contributed by atoms with E-state index in [0.29, 0.717) is 12.0 Å². The highest BCUT2D eigenvalue weighted by atomic mass is 35.5. The van der Waals surface area contributed by atoms with Gasteiger partial charge >= 0.3 is 0 Å². The van der Waals surface area contributed by atoms with Gasteiger partial charge in [-0.15, -0.1) is 11.6 Å². The minimum Gasteiger partial charge on any atom is -0.377 e. The van der Waals surface area contributed by atoms with Gasteiger partial charge in [0.05, 0.1) is 6.61 Å². The minimum absolute atomic E-state index is 0.317. The summed E-state index contributed by atoms with van der Waals surface area (Å²) in [6, 6.07) is 10.3. The molecule has 0 radical (unpaired) electrons. The Morgan fingerprint density at radius 2 is 1.83 bits per heavy atom. The fourth-order valence-electron chi connectivity index (χ4n) is 2.44. The number of hydrogen-bond donors (Lipinski definition) is 0. The number of benzene rings is 1. The first-order valence-electron chi connectivity index (χ1n) is 6.67. The van der Waals surface area contributed by atoms with Crippen molar-refractivity contribution in [3.05, 3.63) is 48.0 Å². The first kappa shape index (κ1) is 13.6. The molecule has 2 rings (SSSR count). The average Bonchev–Trinajstić information content (AvgIpc) is 2.89. The van der Waals surface area contributed by atoms with Crippen molar-refractivity contribution < 1.29 is 4.74 Å². The summed E-state index contributed by atoms with van der Waals surface area (Å²) in [5, 5.41) is 0. The van der Waals surface area contributed by atoms with Crippen molar-refractivity contribution in [2.24, 2.45) is 5.41 Å². The van der Waals surface area contributed by atoms with Gasteiger partial charge in [0, 0.05) is 12.5 Å². The second-order valence-corrected chi connectivity index (χ2v) is 5.42. The van der Waals surface area contributed by atoms with Crippen molar-refractivity contribution in [1.29, 1.82) is 0 Å². The zero-order chi connectivity index (χ0) is 12.7. The molecule has 0 unspecified atom stereocenters. The summed E-state index contributed by atoms with van der Waals surface area (Å²) in [6.07, 6.45) is 9.05. The van der Waals surface area contributed by atoms with Gasteiger partial charge in [-0.1, -0.05) is 42.5 Å². The number of halogens is 1. The molecule has 0 heterocycles. The molecule has 0 N–H and O–H groups in total. The van der Waals surface area contributed by atoms with Crippen LogP contribution in [0.5, 0.6) is 0 Å². The first-order chi connectivity index (χ1) is 8.85. The van der Waals surface area contributed by atoms with E-state index in [0.717, 1.165) is 38.2 Å². The zero-order valence-electron chi connectivity index (χ0n) is 10.8. The standard InChI is InChI=1S/C16H21ClO/c17-14-16(9-4-5-10-16)11-6-12-18-13-15-7-2-1-3-8-15/h1-5,7-8H,6,9-14H2. The fourth-order valence-corrected chi connectivity index (χ4v) is 2.80. The maximum Gasteiger partial charge on any atom is 0.0716 e. The molecule has 2 heteroatoms. The molecular formula is C16H21ClO. The van der Waals surface area contributed by atoms with Gasteiger partial charge in [0.25, 0.3) is 0 Å². The molecule has 1 nitrogen and oxygen atoms in total. The highest BCUT2D eigenvalue weighted by Crippen LogP contribution is 2.38. The Hall–Kier alpha value is -0.790. The Balaban J connectivity index is 1.61. The highest BCUT2D eigenvalue weighted by Gasteiger charge is 2.29. The molecule has 1 aromatic carbocycles. The Labute approximate surface area is 115 Å². The van der Waals surface area contributed by atoms with Crippen LogP contribution in [0.1, 0.15) is 31.2 Å². The zero-order valence-corrected chi connectivity index (χ0v) is 11.5. The lowest BCUT2D eigenvalue weighted by Crippen LogP contribution is -2.19. The highest BCUT2D eigenvalue weighted by molar-refractivity contribution is 6.18. The van der Waals surface area contributed by atoms with Crippen molar-refractivity contribution in [2.45, 2.75) is 32.3 Å².